The van der Waals surface area contributed by atoms with E-state index in [1.807, 2.05) is 0 Å². The molecule has 0 N–H and O–H groups in total. The summed E-state index contributed by atoms with van der Waals surface area (Å²) in [6.07, 6.45) is 2.42. The molecule has 0 aromatic heterocycles. The first-order chi connectivity index (χ1) is 10.5. The monoisotopic (exact) mass is 365 g/mol. The number of nitro groups is 1. The van der Waals surface area contributed by atoms with Crippen LogP contribution in [0.1, 0.15) is 5.56 Å². The third kappa shape index (κ3) is 4.23. The Labute approximate surface area is 133 Å². The highest BCUT2D eigenvalue weighted by molar-refractivity contribution is 9.10. The van der Waals surface area contributed by atoms with Crippen LogP contribution in [0.5, 0.6) is 5.75 Å². The molecule has 22 heavy (non-hydrogen) atoms. The Balaban J connectivity index is 2.08. The Morgan fingerprint density at radius 1 is 1.27 bits per heavy atom. The first kappa shape index (κ1) is 15.8. The maximum Gasteiger partial charge on any atom is 0.336 e. The fraction of sp³-hybridized carbons (Fsp3) is 0. The van der Waals surface area contributed by atoms with Crippen LogP contribution >= 0.6 is 15.9 Å². The highest BCUT2D eigenvalue weighted by Gasteiger charge is 2.08. The zero-order valence-corrected chi connectivity index (χ0v) is 12.6. The molecule has 2 aromatic rings. The second-order valence-corrected chi connectivity index (χ2v) is 5.10. The van der Waals surface area contributed by atoms with E-state index in [9.17, 15) is 19.3 Å². The number of nitrogens with zero attached hydrogens (tertiary/aromatic N) is 1. The van der Waals surface area contributed by atoms with Crippen LogP contribution in [0.4, 0.5) is 10.1 Å². The highest BCUT2D eigenvalue weighted by Crippen LogP contribution is 2.21. The number of non-ortho nitro benzene ring substituents is 1. The van der Waals surface area contributed by atoms with Gasteiger partial charge in [-0.25, -0.2) is 9.18 Å². The molecule has 0 aliphatic heterocycles. The van der Waals surface area contributed by atoms with E-state index in [2.05, 4.69) is 15.9 Å². The van der Waals surface area contributed by atoms with Crippen LogP contribution in [0.25, 0.3) is 6.08 Å². The predicted molar refractivity (Wildman–Crippen MR) is 81.9 cm³/mol. The predicted octanol–water partition coefficient (Wildman–Crippen LogP) is 4.12. The van der Waals surface area contributed by atoms with Gasteiger partial charge in [-0.15, -0.1) is 0 Å². The van der Waals surface area contributed by atoms with Crippen molar-refractivity contribution in [3.05, 3.63) is 74.5 Å². The van der Waals surface area contributed by atoms with E-state index in [4.69, 9.17) is 4.74 Å². The topological polar surface area (TPSA) is 69.4 Å². The lowest BCUT2D eigenvalue weighted by atomic mass is 10.2. The summed E-state index contributed by atoms with van der Waals surface area (Å²) >= 11 is 3.09. The maximum absolute atomic E-state index is 13.5. The molecule has 0 atom stereocenters. The van der Waals surface area contributed by atoms with Gasteiger partial charge < -0.3 is 4.74 Å². The Bertz CT molecular complexity index is 761. The number of hydrogen-bond acceptors (Lipinski definition) is 4. The molecular formula is C15H9BrFNO4. The molecule has 7 heteroatoms. The number of hydrogen-bond donors (Lipinski definition) is 0. The highest BCUT2D eigenvalue weighted by atomic mass is 79.9. The first-order valence-electron chi connectivity index (χ1n) is 6.05. The number of rotatable bonds is 4. The van der Waals surface area contributed by atoms with Gasteiger partial charge in [0.15, 0.2) is 11.6 Å². The summed E-state index contributed by atoms with van der Waals surface area (Å²) in [6.45, 7) is 0. The van der Waals surface area contributed by atoms with E-state index in [0.29, 0.717) is 10.0 Å². The minimum absolute atomic E-state index is 0.0885. The largest absolute Gasteiger partial charge is 0.420 e. The molecule has 0 aliphatic rings. The van der Waals surface area contributed by atoms with Gasteiger partial charge in [0.2, 0.25) is 0 Å². The SMILES string of the molecule is O=C(/C=C/c1cccc([N+](=O)[O-])c1)Oc1ccc(Br)cc1F. The summed E-state index contributed by atoms with van der Waals surface area (Å²) in [5.41, 5.74) is 0.372. The van der Waals surface area contributed by atoms with Crippen molar-refractivity contribution >= 4 is 33.7 Å². The normalized spacial score (nSPS) is 10.6. The van der Waals surface area contributed by atoms with Crippen molar-refractivity contribution in [2.75, 3.05) is 0 Å². The molecule has 5 nitrogen and oxygen atoms in total. The average Bonchev–Trinajstić information content (AvgIpc) is 2.48. The maximum atomic E-state index is 13.5. The van der Waals surface area contributed by atoms with Crippen molar-refractivity contribution in [1.29, 1.82) is 0 Å². The molecule has 0 aliphatic carbocycles. The standard InChI is InChI=1S/C15H9BrFNO4/c16-11-5-6-14(13(17)9-11)22-15(19)7-4-10-2-1-3-12(8-10)18(20)21/h1-9H/b7-4+. The smallest absolute Gasteiger partial charge is 0.336 e. The van der Waals surface area contributed by atoms with Gasteiger partial charge >= 0.3 is 5.97 Å². The van der Waals surface area contributed by atoms with Crippen LogP contribution in [0.15, 0.2) is 53.0 Å². The van der Waals surface area contributed by atoms with Gasteiger partial charge in [-0.1, -0.05) is 28.1 Å². The van der Waals surface area contributed by atoms with Crippen LogP contribution in [-0.2, 0) is 4.79 Å². The summed E-state index contributed by atoms with van der Waals surface area (Å²) in [4.78, 5) is 21.7. The molecule has 0 saturated heterocycles. The Morgan fingerprint density at radius 3 is 2.73 bits per heavy atom. The molecular weight excluding hydrogens is 357 g/mol. The fourth-order valence-electron chi connectivity index (χ4n) is 1.61. The van der Waals surface area contributed by atoms with E-state index < -0.39 is 16.7 Å². The Kier molecular flexibility index (Phi) is 5.00. The van der Waals surface area contributed by atoms with Crippen LogP contribution in [0, 0.1) is 15.9 Å². The number of esters is 1. The van der Waals surface area contributed by atoms with Gasteiger partial charge in [0, 0.05) is 22.7 Å². The number of benzene rings is 2. The summed E-state index contributed by atoms with van der Waals surface area (Å²) in [7, 11) is 0. The van der Waals surface area contributed by atoms with Crippen molar-refractivity contribution in [3.8, 4) is 5.75 Å². The van der Waals surface area contributed by atoms with E-state index in [0.717, 1.165) is 6.08 Å². The molecule has 0 bridgehead atoms. The number of carbonyl (C=O) groups is 1. The summed E-state index contributed by atoms with van der Waals surface area (Å²) in [5, 5.41) is 10.6. The van der Waals surface area contributed by atoms with Gasteiger partial charge in [-0.05, 0) is 29.8 Å². The summed E-state index contributed by atoms with van der Waals surface area (Å²) in [6, 6.07) is 9.77. The molecule has 0 spiro atoms. The molecule has 0 radical (unpaired) electrons. The number of nitro benzene ring substituents is 1. The van der Waals surface area contributed by atoms with E-state index in [-0.39, 0.29) is 11.4 Å². The minimum atomic E-state index is -0.785. The zero-order chi connectivity index (χ0) is 16.1. The third-order valence-electron chi connectivity index (χ3n) is 2.60. The summed E-state index contributed by atoms with van der Waals surface area (Å²) < 4.78 is 18.9. The van der Waals surface area contributed by atoms with Crippen LogP contribution in [0.2, 0.25) is 0 Å². The number of ether oxygens (including phenoxy) is 1. The second kappa shape index (κ2) is 6.95. The molecule has 0 unspecified atom stereocenters. The molecule has 0 heterocycles. The molecule has 0 fully saturated rings. The number of carbonyl (C=O) groups excluding carboxylic acids is 1. The van der Waals surface area contributed by atoms with Crippen LogP contribution in [-0.4, -0.2) is 10.9 Å². The van der Waals surface area contributed by atoms with Crippen molar-refractivity contribution in [1.82, 2.24) is 0 Å². The lowest BCUT2D eigenvalue weighted by molar-refractivity contribution is -0.384. The lowest BCUT2D eigenvalue weighted by Gasteiger charge is -2.02. The van der Waals surface area contributed by atoms with Gasteiger partial charge in [0.25, 0.3) is 5.69 Å². The Morgan fingerprint density at radius 2 is 2.05 bits per heavy atom. The molecule has 0 amide bonds. The van der Waals surface area contributed by atoms with Gasteiger partial charge in [-0.2, -0.15) is 0 Å². The van der Waals surface area contributed by atoms with Gasteiger partial charge in [0.1, 0.15) is 0 Å². The van der Waals surface area contributed by atoms with Crippen LogP contribution < -0.4 is 4.74 Å². The van der Waals surface area contributed by atoms with Crippen molar-refractivity contribution in [3.63, 3.8) is 0 Å². The lowest BCUT2D eigenvalue weighted by Crippen LogP contribution is -2.05. The van der Waals surface area contributed by atoms with E-state index in [1.54, 1.807) is 6.07 Å². The quantitative estimate of drug-likeness (QED) is 0.268. The van der Waals surface area contributed by atoms with Gasteiger partial charge in [0.05, 0.1) is 4.92 Å². The molecule has 2 aromatic carbocycles. The average molecular weight is 366 g/mol. The first-order valence-corrected chi connectivity index (χ1v) is 6.84. The van der Waals surface area contributed by atoms with Gasteiger partial charge in [-0.3, -0.25) is 10.1 Å². The van der Waals surface area contributed by atoms with Crippen molar-refractivity contribution in [2.24, 2.45) is 0 Å². The molecule has 112 valence electrons. The fourth-order valence-corrected chi connectivity index (χ4v) is 1.94. The third-order valence-corrected chi connectivity index (χ3v) is 3.09. The molecule has 0 saturated carbocycles. The van der Waals surface area contributed by atoms with Crippen LogP contribution in [0.3, 0.4) is 0 Å². The van der Waals surface area contributed by atoms with Crippen molar-refractivity contribution < 1.29 is 18.8 Å². The van der Waals surface area contributed by atoms with E-state index in [1.165, 1.54) is 42.5 Å². The minimum Gasteiger partial charge on any atom is -0.420 e. The zero-order valence-electron chi connectivity index (χ0n) is 11.0. The number of halogens is 2. The second-order valence-electron chi connectivity index (χ2n) is 4.18. The molecule has 2 rings (SSSR count). The summed E-state index contributed by atoms with van der Waals surface area (Å²) in [5.74, 6) is -1.66. The van der Waals surface area contributed by atoms with E-state index >= 15 is 0 Å². The van der Waals surface area contributed by atoms with Crippen molar-refractivity contribution in [2.45, 2.75) is 0 Å². The Hall–Kier alpha value is -2.54.